The Hall–Kier alpha value is -1.67. The van der Waals surface area contributed by atoms with Crippen molar-refractivity contribution in [1.29, 1.82) is 0 Å². The van der Waals surface area contributed by atoms with E-state index in [4.69, 9.17) is 4.74 Å². The normalized spacial score (nSPS) is 20.6. The molecular formula is C12H20N6O2. The summed E-state index contributed by atoms with van der Waals surface area (Å²) >= 11 is 0. The first-order valence-corrected chi connectivity index (χ1v) is 6.90. The number of ether oxygens (including phenoxy) is 1. The van der Waals surface area contributed by atoms with Gasteiger partial charge in [0.25, 0.3) is 0 Å². The lowest BCUT2D eigenvalue weighted by Crippen LogP contribution is -2.38. The molecule has 1 saturated heterocycles. The van der Waals surface area contributed by atoms with Gasteiger partial charge in [-0.25, -0.2) is 0 Å². The summed E-state index contributed by atoms with van der Waals surface area (Å²) in [6, 6.07) is 0. The third kappa shape index (κ3) is 2.75. The first-order valence-electron chi connectivity index (χ1n) is 6.90. The van der Waals surface area contributed by atoms with Gasteiger partial charge >= 0.3 is 0 Å². The van der Waals surface area contributed by atoms with Gasteiger partial charge in [-0.3, -0.25) is 0 Å². The Labute approximate surface area is 117 Å². The SMILES string of the molecule is CNc1nc(NC2(CO)CC2)nc(N2CCOCC2)n1. The smallest absolute Gasteiger partial charge is 0.232 e. The second kappa shape index (κ2) is 5.37. The molecule has 0 radical (unpaired) electrons. The summed E-state index contributed by atoms with van der Waals surface area (Å²) in [4.78, 5) is 15.2. The number of nitrogens with one attached hydrogen (secondary N) is 2. The lowest BCUT2D eigenvalue weighted by atomic mass is 10.3. The fraction of sp³-hybridized carbons (Fsp3) is 0.750. The van der Waals surface area contributed by atoms with Gasteiger partial charge in [0.1, 0.15) is 0 Å². The first-order chi connectivity index (χ1) is 9.74. The summed E-state index contributed by atoms with van der Waals surface area (Å²) in [5, 5.41) is 15.6. The van der Waals surface area contributed by atoms with Gasteiger partial charge in [0.15, 0.2) is 0 Å². The third-order valence-corrected chi connectivity index (χ3v) is 3.67. The predicted molar refractivity (Wildman–Crippen MR) is 75.1 cm³/mol. The quantitative estimate of drug-likeness (QED) is 0.676. The van der Waals surface area contributed by atoms with E-state index in [2.05, 4.69) is 30.5 Å². The van der Waals surface area contributed by atoms with Crippen LogP contribution < -0.4 is 15.5 Å². The minimum absolute atomic E-state index is 0.0977. The Morgan fingerprint density at radius 1 is 1.20 bits per heavy atom. The molecule has 0 atom stereocenters. The third-order valence-electron chi connectivity index (χ3n) is 3.67. The molecule has 2 heterocycles. The molecule has 8 nitrogen and oxygen atoms in total. The first kappa shape index (κ1) is 13.3. The number of rotatable bonds is 5. The number of anilines is 3. The molecule has 1 aliphatic heterocycles. The number of morpholine rings is 1. The van der Waals surface area contributed by atoms with Crippen LogP contribution in [0, 0.1) is 0 Å². The fourth-order valence-corrected chi connectivity index (χ4v) is 2.15. The highest BCUT2D eigenvalue weighted by atomic mass is 16.5. The van der Waals surface area contributed by atoms with Crippen molar-refractivity contribution in [2.45, 2.75) is 18.4 Å². The minimum Gasteiger partial charge on any atom is -0.394 e. The highest BCUT2D eigenvalue weighted by Crippen LogP contribution is 2.37. The van der Waals surface area contributed by atoms with Crippen molar-refractivity contribution in [1.82, 2.24) is 15.0 Å². The van der Waals surface area contributed by atoms with Crippen molar-refractivity contribution >= 4 is 17.8 Å². The van der Waals surface area contributed by atoms with E-state index < -0.39 is 0 Å². The Bertz CT molecular complexity index is 473. The molecule has 2 aliphatic rings. The van der Waals surface area contributed by atoms with Crippen molar-refractivity contribution in [3.8, 4) is 0 Å². The number of aromatic nitrogens is 3. The summed E-state index contributed by atoms with van der Waals surface area (Å²) < 4.78 is 5.34. The average Bonchev–Trinajstić information content (AvgIpc) is 3.28. The van der Waals surface area contributed by atoms with E-state index in [1.54, 1.807) is 7.05 Å². The van der Waals surface area contributed by atoms with Gasteiger partial charge in [0.05, 0.1) is 25.4 Å². The molecule has 0 aromatic carbocycles. The van der Waals surface area contributed by atoms with E-state index in [-0.39, 0.29) is 12.1 Å². The summed E-state index contributed by atoms with van der Waals surface area (Å²) in [5.74, 6) is 1.68. The predicted octanol–water partition coefficient (Wildman–Crippen LogP) is -0.313. The zero-order chi connectivity index (χ0) is 14.0. The molecule has 1 aliphatic carbocycles. The lowest BCUT2D eigenvalue weighted by Gasteiger charge is -2.27. The second-order valence-electron chi connectivity index (χ2n) is 5.20. The standard InChI is InChI=1S/C12H20N6O2/c1-13-9-14-10(17-12(8-19)2-3-12)16-11(15-9)18-4-6-20-7-5-18/h19H,2-8H2,1H3,(H2,13,14,15,16,17). The second-order valence-corrected chi connectivity index (χ2v) is 5.20. The van der Waals surface area contributed by atoms with Crippen LogP contribution in [0.4, 0.5) is 17.8 Å². The number of nitrogens with zero attached hydrogens (tertiary/aromatic N) is 4. The van der Waals surface area contributed by atoms with Gasteiger partial charge in [-0.15, -0.1) is 0 Å². The molecule has 3 N–H and O–H groups in total. The Morgan fingerprint density at radius 3 is 2.50 bits per heavy atom. The zero-order valence-corrected chi connectivity index (χ0v) is 11.6. The molecular weight excluding hydrogens is 260 g/mol. The van der Waals surface area contributed by atoms with E-state index in [9.17, 15) is 5.11 Å². The van der Waals surface area contributed by atoms with Crippen LogP contribution >= 0.6 is 0 Å². The molecule has 0 unspecified atom stereocenters. The van der Waals surface area contributed by atoms with Gasteiger partial charge in [0, 0.05) is 20.1 Å². The molecule has 0 amide bonds. The van der Waals surface area contributed by atoms with Crippen LogP contribution in [0.15, 0.2) is 0 Å². The van der Waals surface area contributed by atoms with Crippen LogP contribution in [0.2, 0.25) is 0 Å². The van der Waals surface area contributed by atoms with Gasteiger partial charge in [-0.1, -0.05) is 0 Å². The summed E-state index contributed by atoms with van der Waals surface area (Å²) in [7, 11) is 1.78. The lowest BCUT2D eigenvalue weighted by molar-refractivity contribution is 0.122. The molecule has 2 fully saturated rings. The van der Waals surface area contributed by atoms with Crippen molar-refractivity contribution in [3.63, 3.8) is 0 Å². The van der Waals surface area contributed by atoms with Crippen molar-refractivity contribution in [3.05, 3.63) is 0 Å². The van der Waals surface area contributed by atoms with Gasteiger partial charge in [-0.2, -0.15) is 15.0 Å². The van der Waals surface area contributed by atoms with E-state index in [1.165, 1.54) is 0 Å². The molecule has 1 saturated carbocycles. The summed E-state index contributed by atoms with van der Waals surface area (Å²) in [6.07, 6.45) is 1.88. The fourth-order valence-electron chi connectivity index (χ4n) is 2.15. The summed E-state index contributed by atoms with van der Waals surface area (Å²) in [5.41, 5.74) is -0.241. The van der Waals surface area contributed by atoms with Gasteiger partial charge in [0.2, 0.25) is 17.8 Å². The van der Waals surface area contributed by atoms with Crippen LogP contribution in [0.1, 0.15) is 12.8 Å². The largest absolute Gasteiger partial charge is 0.394 e. The Morgan fingerprint density at radius 2 is 1.90 bits per heavy atom. The van der Waals surface area contributed by atoms with Gasteiger partial charge in [-0.05, 0) is 12.8 Å². The maximum absolute atomic E-state index is 9.39. The van der Waals surface area contributed by atoms with Crippen LogP contribution in [0.3, 0.4) is 0 Å². The van der Waals surface area contributed by atoms with E-state index in [0.29, 0.717) is 31.1 Å². The molecule has 110 valence electrons. The molecule has 20 heavy (non-hydrogen) atoms. The van der Waals surface area contributed by atoms with Crippen molar-refractivity contribution in [2.24, 2.45) is 0 Å². The van der Waals surface area contributed by atoms with E-state index in [1.807, 2.05) is 0 Å². The monoisotopic (exact) mass is 280 g/mol. The molecule has 1 aromatic rings. The number of aliphatic hydroxyl groups is 1. The van der Waals surface area contributed by atoms with E-state index in [0.717, 1.165) is 25.9 Å². The number of hydrogen-bond acceptors (Lipinski definition) is 8. The highest BCUT2D eigenvalue weighted by Gasteiger charge is 2.43. The molecule has 3 rings (SSSR count). The maximum Gasteiger partial charge on any atom is 0.232 e. The minimum atomic E-state index is -0.241. The van der Waals surface area contributed by atoms with Crippen LogP contribution in [0.5, 0.6) is 0 Å². The average molecular weight is 280 g/mol. The maximum atomic E-state index is 9.39. The topological polar surface area (TPSA) is 95.4 Å². The number of hydrogen-bond donors (Lipinski definition) is 3. The molecule has 1 aromatic heterocycles. The summed E-state index contributed by atoms with van der Waals surface area (Å²) in [6.45, 7) is 3.02. The van der Waals surface area contributed by atoms with E-state index >= 15 is 0 Å². The highest BCUT2D eigenvalue weighted by molar-refractivity contribution is 5.46. The van der Waals surface area contributed by atoms with Crippen LogP contribution in [0.25, 0.3) is 0 Å². The molecule has 8 heteroatoms. The number of aliphatic hydroxyl groups excluding tert-OH is 1. The van der Waals surface area contributed by atoms with Crippen LogP contribution in [-0.4, -0.2) is 65.6 Å². The zero-order valence-electron chi connectivity index (χ0n) is 11.6. The Balaban J connectivity index is 1.82. The van der Waals surface area contributed by atoms with Gasteiger partial charge < -0.3 is 25.4 Å². The van der Waals surface area contributed by atoms with Crippen molar-refractivity contribution in [2.75, 3.05) is 55.5 Å². The Kier molecular flexibility index (Phi) is 3.58. The molecule has 0 spiro atoms. The van der Waals surface area contributed by atoms with Crippen LogP contribution in [-0.2, 0) is 4.74 Å². The van der Waals surface area contributed by atoms with Crippen molar-refractivity contribution < 1.29 is 9.84 Å². The molecule has 0 bridgehead atoms.